The molecule has 1 atom stereocenters. The lowest BCUT2D eigenvalue weighted by atomic mass is 10.1. The Balaban J connectivity index is 2.16. The second-order valence-electron chi connectivity index (χ2n) is 11.1. The number of rotatable bonds is 12. The van der Waals surface area contributed by atoms with Crippen LogP contribution in [0.2, 0.25) is 0 Å². The summed E-state index contributed by atoms with van der Waals surface area (Å²) in [5.74, 6) is -0.275. The summed E-state index contributed by atoms with van der Waals surface area (Å²) in [6.45, 7) is 14.7. The molecule has 2 amide bonds. The van der Waals surface area contributed by atoms with E-state index in [4.69, 9.17) is 9.47 Å². The molecule has 10 nitrogen and oxygen atoms in total. The molecular weight excluding hydrogens is 550 g/mol. The molecule has 40 heavy (non-hydrogen) atoms. The highest BCUT2D eigenvalue weighted by Crippen LogP contribution is 2.32. The Morgan fingerprint density at radius 1 is 1.18 bits per heavy atom. The molecule has 1 unspecified atom stereocenters. The van der Waals surface area contributed by atoms with Crippen molar-refractivity contribution in [1.29, 1.82) is 0 Å². The summed E-state index contributed by atoms with van der Waals surface area (Å²) in [5, 5.41) is 5.75. The summed E-state index contributed by atoms with van der Waals surface area (Å²) in [6.07, 6.45) is 6.52. The van der Waals surface area contributed by atoms with Gasteiger partial charge in [-0.15, -0.1) is 11.8 Å². The number of carbonyl (C=O) groups is 2. The summed E-state index contributed by atoms with van der Waals surface area (Å²) in [5.41, 5.74) is 0.918. The van der Waals surface area contributed by atoms with Crippen molar-refractivity contribution >= 4 is 51.7 Å². The predicted octanol–water partition coefficient (Wildman–Crippen LogP) is 4.75. The Labute approximate surface area is 245 Å². The Bertz CT molecular complexity index is 1080. The van der Waals surface area contributed by atoms with Gasteiger partial charge >= 0.3 is 6.09 Å². The lowest BCUT2D eigenvalue weighted by Crippen LogP contribution is -2.44. The molecule has 0 radical (unpaired) electrons. The van der Waals surface area contributed by atoms with Gasteiger partial charge in [-0.25, -0.2) is 18.7 Å². The van der Waals surface area contributed by atoms with Crippen LogP contribution in [-0.4, -0.2) is 77.2 Å². The van der Waals surface area contributed by atoms with Crippen molar-refractivity contribution < 1.29 is 23.3 Å². The van der Waals surface area contributed by atoms with E-state index in [1.807, 2.05) is 60.8 Å². The fourth-order valence-corrected chi connectivity index (χ4v) is 5.64. The van der Waals surface area contributed by atoms with Gasteiger partial charge in [-0.05, 0) is 79.7 Å². The standard InChI is InChI=1S/C28H45N5O5S2/c1-19(2)37-17-26(34)30-22-9-10-23(25(15-22)40(36)32-28(5,6)7)24(39-8)16-29-18-33-13-11-21(12-14-33)31-27(35)38-20(3)4/h9-10,15-16,18-21,32H,11-14,17H2,1-8H3,(H,30,34)(H,31,35)/b24-16-,29-18?. The van der Waals surface area contributed by atoms with E-state index in [1.54, 1.807) is 24.7 Å². The Morgan fingerprint density at radius 3 is 2.42 bits per heavy atom. The van der Waals surface area contributed by atoms with E-state index < -0.39 is 11.0 Å². The molecule has 1 aromatic carbocycles. The number of carbonyl (C=O) groups excluding carboxylic acids is 2. The van der Waals surface area contributed by atoms with Gasteiger partial charge in [0, 0.05) is 47.0 Å². The lowest BCUT2D eigenvalue weighted by Gasteiger charge is -2.30. The number of likely N-dealkylation sites (tertiary alicyclic amines) is 1. The van der Waals surface area contributed by atoms with Gasteiger partial charge in [-0.3, -0.25) is 4.79 Å². The summed E-state index contributed by atoms with van der Waals surface area (Å²) >= 11 is 1.50. The molecule has 0 bridgehead atoms. The SMILES string of the molecule is CS/C(=C\N=CN1CCC(NC(=O)OC(C)C)CC1)c1ccc(NC(=O)COC(C)C)cc1S(=O)NC(C)(C)C. The second kappa shape index (κ2) is 16.1. The minimum absolute atomic E-state index is 0.0569. The van der Waals surface area contributed by atoms with E-state index in [9.17, 15) is 13.8 Å². The van der Waals surface area contributed by atoms with Crippen LogP contribution in [0.3, 0.4) is 0 Å². The number of hydrogen-bond donors (Lipinski definition) is 3. The number of amides is 2. The van der Waals surface area contributed by atoms with Gasteiger partial charge in [0.25, 0.3) is 0 Å². The second-order valence-corrected chi connectivity index (χ2v) is 13.1. The minimum atomic E-state index is -1.54. The molecule has 1 aromatic rings. The van der Waals surface area contributed by atoms with E-state index in [0.29, 0.717) is 10.6 Å². The summed E-state index contributed by atoms with van der Waals surface area (Å²) in [6, 6.07) is 5.45. The van der Waals surface area contributed by atoms with Gasteiger partial charge in [-0.2, -0.15) is 0 Å². The molecule has 1 saturated heterocycles. The Hall–Kier alpha value is -2.41. The first kappa shape index (κ1) is 33.8. The zero-order chi connectivity index (χ0) is 29.9. The summed E-state index contributed by atoms with van der Waals surface area (Å²) < 4.78 is 27.1. The number of nitrogens with zero attached hydrogens (tertiary/aromatic N) is 2. The van der Waals surface area contributed by atoms with Crippen LogP contribution in [0.15, 0.2) is 34.3 Å². The molecule has 1 aliphatic heterocycles. The molecule has 0 aliphatic carbocycles. The molecule has 3 N–H and O–H groups in total. The number of thioether (sulfide) groups is 1. The van der Waals surface area contributed by atoms with Crippen LogP contribution < -0.4 is 15.4 Å². The van der Waals surface area contributed by atoms with Crippen LogP contribution in [0.25, 0.3) is 4.91 Å². The Morgan fingerprint density at radius 2 is 1.85 bits per heavy atom. The van der Waals surface area contributed by atoms with E-state index in [-0.39, 0.29) is 42.4 Å². The maximum Gasteiger partial charge on any atom is 0.407 e. The van der Waals surface area contributed by atoms with Gasteiger partial charge < -0.3 is 25.0 Å². The average molecular weight is 596 g/mol. The fourth-order valence-electron chi connectivity index (χ4n) is 3.73. The van der Waals surface area contributed by atoms with E-state index in [0.717, 1.165) is 36.4 Å². The number of aliphatic imine (C=N–C) groups is 1. The zero-order valence-corrected chi connectivity index (χ0v) is 26.5. The molecular formula is C28H45N5O5S2. The van der Waals surface area contributed by atoms with Crippen molar-refractivity contribution in [3.05, 3.63) is 30.0 Å². The number of piperidine rings is 1. The quantitative estimate of drug-likeness (QED) is 0.236. The van der Waals surface area contributed by atoms with E-state index in [2.05, 4.69) is 25.2 Å². The molecule has 0 aromatic heterocycles. The minimum Gasteiger partial charge on any atom is -0.447 e. The third-order valence-corrected chi connectivity index (χ3v) is 7.81. The number of ether oxygens (including phenoxy) is 2. The smallest absolute Gasteiger partial charge is 0.407 e. The van der Waals surface area contributed by atoms with Crippen LogP contribution in [-0.2, 0) is 25.3 Å². The predicted molar refractivity (Wildman–Crippen MR) is 165 cm³/mol. The summed E-state index contributed by atoms with van der Waals surface area (Å²) in [7, 11) is -1.54. The van der Waals surface area contributed by atoms with Crippen LogP contribution in [0.5, 0.6) is 0 Å². The molecule has 1 fully saturated rings. The normalized spacial score (nSPS) is 16.1. The van der Waals surface area contributed by atoms with Crippen molar-refractivity contribution in [2.45, 2.75) is 90.0 Å². The van der Waals surface area contributed by atoms with Gasteiger partial charge in [0.1, 0.15) is 17.6 Å². The van der Waals surface area contributed by atoms with Crippen molar-refractivity contribution in [2.24, 2.45) is 4.99 Å². The highest BCUT2D eigenvalue weighted by Gasteiger charge is 2.21. The molecule has 12 heteroatoms. The van der Waals surface area contributed by atoms with Gasteiger partial charge in [-0.1, -0.05) is 6.07 Å². The topological polar surface area (TPSA) is 121 Å². The summed E-state index contributed by atoms with van der Waals surface area (Å²) in [4.78, 5) is 32.2. The molecule has 1 aliphatic rings. The number of benzene rings is 1. The number of nitrogens with one attached hydrogen (secondary N) is 3. The van der Waals surface area contributed by atoms with Crippen LogP contribution >= 0.6 is 11.8 Å². The van der Waals surface area contributed by atoms with Crippen LogP contribution in [0.1, 0.15) is 66.9 Å². The third-order valence-electron chi connectivity index (χ3n) is 5.51. The lowest BCUT2D eigenvalue weighted by molar-refractivity contribution is -0.121. The molecule has 0 saturated carbocycles. The number of anilines is 1. The number of alkyl carbamates (subject to hydrolysis) is 1. The molecule has 2 rings (SSSR count). The fraction of sp³-hybridized carbons (Fsp3) is 0.607. The first-order valence-electron chi connectivity index (χ1n) is 13.5. The highest BCUT2D eigenvalue weighted by molar-refractivity contribution is 8.07. The van der Waals surface area contributed by atoms with Crippen molar-refractivity contribution in [1.82, 2.24) is 14.9 Å². The van der Waals surface area contributed by atoms with Crippen LogP contribution in [0, 0.1) is 0 Å². The van der Waals surface area contributed by atoms with Gasteiger partial charge in [0.05, 0.1) is 23.4 Å². The van der Waals surface area contributed by atoms with Gasteiger partial charge in [0.15, 0.2) is 0 Å². The average Bonchev–Trinajstić information content (AvgIpc) is 2.85. The first-order valence-corrected chi connectivity index (χ1v) is 15.9. The molecule has 1 heterocycles. The molecule has 224 valence electrons. The number of hydrogen-bond acceptors (Lipinski definition) is 7. The molecule has 0 spiro atoms. The van der Waals surface area contributed by atoms with Crippen molar-refractivity contribution in [2.75, 3.05) is 31.3 Å². The maximum atomic E-state index is 13.4. The highest BCUT2D eigenvalue weighted by atomic mass is 32.2. The van der Waals surface area contributed by atoms with Crippen molar-refractivity contribution in [3.63, 3.8) is 0 Å². The van der Waals surface area contributed by atoms with Crippen LogP contribution in [0.4, 0.5) is 10.5 Å². The Kier molecular flexibility index (Phi) is 13.6. The first-order chi connectivity index (χ1) is 18.8. The van der Waals surface area contributed by atoms with Crippen molar-refractivity contribution in [3.8, 4) is 0 Å². The van der Waals surface area contributed by atoms with E-state index >= 15 is 0 Å². The third kappa shape index (κ3) is 12.4. The maximum absolute atomic E-state index is 13.4. The monoisotopic (exact) mass is 595 g/mol. The largest absolute Gasteiger partial charge is 0.447 e. The van der Waals surface area contributed by atoms with Gasteiger partial charge in [0.2, 0.25) is 5.91 Å². The zero-order valence-electron chi connectivity index (χ0n) is 24.9. The van der Waals surface area contributed by atoms with E-state index in [1.165, 1.54) is 11.8 Å².